The summed E-state index contributed by atoms with van der Waals surface area (Å²) in [5, 5.41) is 0. The molecule has 1 aromatic rings. The Morgan fingerprint density at radius 3 is 2.62 bits per heavy atom. The summed E-state index contributed by atoms with van der Waals surface area (Å²) in [6, 6.07) is 5.65. The molecule has 1 unspecified atom stereocenters. The van der Waals surface area contributed by atoms with Crippen molar-refractivity contribution in [1.29, 1.82) is 0 Å². The molecule has 0 heterocycles. The zero-order valence-corrected chi connectivity index (χ0v) is 11.0. The molecular formula is C9H8Br2OS. The molecule has 0 bridgehead atoms. The van der Waals surface area contributed by atoms with Gasteiger partial charge >= 0.3 is 0 Å². The molecular weight excluding hydrogens is 316 g/mol. The fraction of sp³-hybridized carbons (Fsp3) is 0.222. The van der Waals surface area contributed by atoms with Crippen molar-refractivity contribution in [2.45, 2.75) is 16.6 Å². The molecule has 0 radical (unpaired) electrons. The smallest absolute Gasteiger partial charge is 0.147 e. The number of halogens is 2. The van der Waals surface area contributed by atoms with Gasteiger partial charge in [0, 0.05) is 9.37 Å². The van der Waals surface area contributed by atoms with Crippen LogP contribution < -0.4 is 0 Å². The number of Topliss-reactive ketones (excluding diaryl/α,β-unsaturated/α-hetero) is 1. The van der Waals surface area contributed by atoms with E-state index in [-0.39, 0.29) is 10.6 Å². The summed E-state index contributed by atoms with van der Waals surface area (Å²) < 4.78 is 0.963. The van der Waals surface area contributed by atoms with Gasteiger partial charge in [-0.1, -0.05) is 37.9 Å². The number of carbonyl (C=O) groups is 1. The van der Waals surface area contributed by atoms with Crippen molar-refractivity contribution in [3.63, 3.8) is 0 Å². The summed E-state index contributed by atoms with van der Waals surface area (Å²) in [4.78, 5) is 11.6. The third-order valence-electron chi connectivity index (χ3n) is 1.62. The van der Waals surface area contributed by atoms with Crippen molar-refractivity contribution in [3.8, 4) is 0 Å². The average molecular weight is 324 g/mol. The number of benzene rings is 1. The van der Waals surface area contributed by atoms with E-state index in [2.05, 4.69) is 44.5 Å². The van der Waals surface area contributed by atoms with Crippen molar-refractivity contribution < 1.29 is 4.79 Å². The second kappa shape index (κ2) is 4.62. The highest BCUT2D eigenvalue weighted by Crippen LogP contribution is 2.30. The van der Waals surface area contributed by atoms with Crippen molar-refractivity contribution in [2.24, 2.45) is 0 Å². The second-order valence-electron chi connectivity index (χ2n) is 2.68. The molecule has 0 N–H and O–H groups in total. The van der Waals surface area contributed by atoms with Gasteiger partial charge in [-0.05, 0) is 24.6 Å². The number of hydrogen-bond acceptors (Lipinski definition) is 2. The first-order valence-electron chi connectivity index (χ1n) is 3.65. The number of ketones is 1. The maximum Gasteiger partial charge on any atom is 0.147 e. The maximum atomic E-state index is 11.1. The lowest BCUT2D eigenvalue weighted by Gasteiger charge is -2.09. The van der Waals surface area contributed by atoms with Crippen LogP contribution >= 0.6 is 44.5 Å². The van der Waals surface area contributed by atoms with Crippen LogP contribution in [0.4, 0.5) is 0 Å². The minimum atomic E-state index is -0.256. The number of alkyl halides is 1. The lowest BCUT2D eigenvalue weighted by Crippen LogP contribution is -2.01. The average Bonchev–Trinajstić information content (AvgIpc) is 2.03. The van der Waals surface area contributed by atoms with Crippen LogP contribution in [0, 0.1) is 0 Å². The predicted octanol–water partition coefficient (Wildman–Crippen LogP) is 3.76. The molecule has 1 atom stereocenters. The Morgan fingerprint density at radius 2 is 2.15 bits per heavy atom. The van der Waals surface area contributed by atoms with Crippen LogP contribution in [0.1, 0.15) is 17.3 Å². The van der Waals surface area contributed by atoms with E-state index < -0.39 is 0 Å². The normalized spacial score (nSPS) is 12.6. The molecule has 0 aliphatic heterocycles. The summed E-state index contributed by atoms with van der Waals surface area (Å²) in [6.07, 6.45) is 0. The molecule has 1 rings (SSSR count). The van der Waals surface area contributed by atoms with Crippen LogP contribution in [0.2, 0.25) is 0 Å². The molecule has 13 heavy (non-hydrogen) atoms. The van der Waals surface area contributed by atoms with Crippen LogP contribution in [0.15, 0.2) is 27.6 Å². The predicted molar refractivity (Wildman–Crippen MR) is 63.7 cm³/mol. The van der Waals surface area contributed by atoms with Crippen LogP contribution in [0.5, 0.6) is 0 Å². The lowest BCUT2D eigenvalue weighted by molar-refractivity contribution is -0.116. The third kappa shape index (κ3) is 2.82. The Bertz CT molecular complexity index is 338. The number of hydrogen-bond donors (Lipinski definition) is 1. The van der Waals surface area contributed by atoms with Gasteiger partial charge in [0.25, 0.3) is 0 Å². The summed E-state index contributed by atoms with van der Waals surface area (Å²) >= 11 is 10.9. The number of rotatable bonds is 2. The van der Waals surface area contributed by atoms with E-state index in [1.807, 2.05) is 18.2 Å². The van der Waals surface area contributed by atoms with Crippen molar-refractivity contribution in [3.05, 3.63) is 28.2 Å². The SMILES string of the molecule is CC(=O)C(Br)c1ccc(Br)cc1S. The van der Waals surface area contributed by atoms with E-state index in [0.717, 1.165) is 14.9 Å². The summed E-state index contributed by atoms with van der Waals surface area (Å²) in [6.45, 7) is 1.55. The molecule has 0 saturated heterocycles. The van der Waals surface area contributed by atoms with Gasteiger partial charge in [-0.3, -0.25) is 4.79 Å². The van der Waals surface area contributed by atoms with Gasteiger partial charge < -0.3 is 0 Å². The van der Waals surface area contributed by atoms with E-state index in [4.69, 9.17) is 0 Å². The molecule has 0 saturated carbocycles. The van der Waals surface area contributed by atoms with Gasteiger partial charge in [-0.2, -0.15) is 0 Å². The minimum Gasteiger partial charge on any atom is -0.298 e. The fourth-order valence-corrected chi connectivity index (χ4v) is 2.41. The Morgan fingerprint density at radius 1 is 1.54 bits per heavy atom. The van der Waals surface area contributed by atoms with Crippen LogP contribution in [-0.4, -0.2) is 5.78 Å². The topological polar surface area (TPSA) is 17.1 Å². The monoisotopic (exact) mass is 322 g/mol. The Hall–Kier alpha value is 0.200. The van der Waals surface area contributed by atoms with Crippen LogP contribution in [0.3, 0.4) is 0 Å². The van der Waals surface area contributed by atoms with E-state index in [9.17, 15) is 4.79 Å². The van der Waals surface area contributed by atoms with Gasteiger partial charge in [0.05, 0.1) is 4.83 Å². The van der Waals surface area contributed by atoms with Gasteiger partial charge in [-0.25, -0.2) is 0 Å². The first kappa shape index (κ1) is 11.3. The highest BCUT2D eigenvalue weighted by molar-refractivity contribution is 9.10. The highest BCUT2D eigenvalue weighted by atomic mass is 79.9. The number of carbonyl (C=O) groups excluding carboxylic acids is 1. The van der Waals surface area contributed by atoms with Gasteiger partial charge in [-0.15, -0.1) is 12.6 Å². The Kier molecular flexibility index (Phi) is 4.01. The molecule has 0 spiro atoms. The zero-order valence-electron chi connectivity index (χ0n) is 6.92. The zero-order chi connectivity index (χ0) is 10.0. The highest BCUT2D eigenvalue weighted by Gasteiger charge is 2.14. The van der Waals surface area contributed by atoms with Gasteiger partial charge in [0.1, 0.15) is 5.78 Å². The first-order valence-corrected chi connectivity index (χ1v) is 5.81. The molecule has 1 aromatic carbocycles. The van der Waals surface area contributed by atoms with Crippen molar-refractivity contribution in [1.82, 2.24) is 0 Å². The van der Waals surface area contributed by atoms with Crippen LogP contribution in [-0.2, 0) is 4.79 Å². The Balaban J connectivity index is 3.08. The molecule has 0 aliphatic carbocycles. The lowest BCUT2D eigenvalue weighted by atomic mass is 10.1. The largest absolute Gasteiger partial charge is 0.298 e. The van der Waals surface area contributed by atoms with E-state index in [1.54, 1.807) is 6.92 Å². The van der Waals surface area contributed by atoms with E-state index in [1.165, 1.54) is 0 Å². The van der Waals surface area contributed by atoms with Gasteiger partial charge in [0.2, 0.25) is 0 Å². The fourth-order valence-electron chi connectivity index (χ4n) is 0.950. The van der Waals surface area contributed by atoms with Crippen molar-refractivity contribution in [2.75, 3.05) is 0 Å². The molecule has 0 aliphatic rings. The summed E-state index contributed by atoms with van der Waals surface area (Å²) in [5.74, 6) is 0.0811. The maximum absolute atomic E-state index is 11.1. The third-order valence-corrected chi connectivity index (χ3v) is 3.64. The molecule has 70 valence electrons. The molecule has 0 aromatic heterocycles. The van der Waals surface area contributed by atoms with E-state index >= 15 is 0 Å². The quantitative estimate of drug-likeness (QED) is 0.647. The summed E-state index contributed by atoms with van der Waals surface area (Å²) in [7, 11) is 0. The Labute approximate surface area is 99.6 Å². The number of thiol groups is 1. The summed E-state index contributed by atoms with van der Waals surface area (Å²) in [5.41, 5.74) is 0.902. The van der Waals surface area contributed by atoms with E-state index in [0.29, 0.717) is 0 Å². The minimum absolute atomic E-state index is 0.0811. The standard InChI is InChI=1S/C9H8Br2OS/c1-5(12)9(11)7-3-2-6(10)4-8(7)13/h2-4,9,13H,1H3. The molecule has 1 nitrogen and oxygen atoms in total. The molecule has 0 fully saturated rings. The van der Waals surface area contributed by atoms with Gasteiger partial charge in [0.15, 0.2) is 0 Å². The van der Waals surface area contributed by atoms with Crippen LogP contribution in [0.25, 0.3) is 0 Å². The second-order valence-corrected chi connectivity index (χ2v) is 4.99. The molecule has 4 heteroatoms. The van der Waals surface area contributed by atoms with Crippen molar-refractivity contribution >= 4 is 50.3 Å². The first-order chi connectivity index (χ1) is 6.02. The molecule has 0 amide bonds.